The van der Waals surface area contributed by atoms with Gasteiger partial charge in [-0.3, -0.25) is 4.79 Å². The molecule has 0 spiro atoms. The summed E-state index contributed by atoms with van der Waals surface area (Å²) in [6.45, 7) is 2.27. The standard InChI is InChI=1S/C20H28N2O/c1-2-15-10-12-17(13-11-15)22-20(23)9-5-6-16-14-21-19-8-4-3-7-18(16)19/h3-4,7-8,14-15,17,21H,2,5-6,9-13H2,1H3,(H,22,23). The molecular weight excluding hydrogens is 284 g/mol. The molecule has 3 rings (SSSR count). The van der Waals surface area contributed by atoms with Gasteiger partial charge in [0, 0.05) is 29.6 Å². The highest BCUT2D eigenvalue weighted by molar-refractivity contribution is 5.83. The van der Waals surface area contributed by atoms with Crippen LogP contribution >= 0.6 is 0 Å². The summed E-state index contributed by atoms with van der Waals surface area (Å²) in [5.41, 5.74) is 2.50. The third-order valence-corrected chi connectivity index (χ3v) is 5.31. The molecule has 0 radical (unpaired) electrons. The van der Waals surface area contributed by atoms with Gasteiger partial charge in [-0.25, -0.2) is 0 Å². The van der Waals surface area contributed by atoms with Crippen LogP contribution in [0, 0.1) is 5.92 Å². The predicted octanol–water partition coefficient (Wildman–Crippen LogP) is 4.58. The number of nitrogens with one attached hydrogen (secondary N) is 2. The van der Waals surface area contributed by atoms with Crippen LogP contribution in [0.2, 0.25) is 0 Å². The second-order valence-corrected chi connectivity index (χ2v) is 6.91. The zero-order valence-corrected chi connectivity index (χ0v) is 14.1. The summed E-state index contributed by atoms with van der Waals surface area (Å²) < 4.78 is 0. The largest absolute Gasteiger partial charge is 0.361 e. The summed E-state index contributed by atoms with van der Waals surface area (Å²) in [6, 6.07) is 8.77. The SMILES string of the molecule is CCC1CCC(NC(=O)CCCc2c[nH]c3ccccc23)CC1. The molecule has 1 fully saturated rings. The number of amides is 1. The fourth-order valence-corrected chi connectivity index (χ4v) is 3.79. The summed E-state index contributed by atoms with van der Waals surface area (Å²) in [5, 5.41) is 4.52. The first-order valence-corrected chi connectivity index (χ1v) is 9.10. The third-order valence-electron chi connectivity index (χ3n) is 5.31. The first-order valence-electron chi connectivity index (χ1n) is 9.10. The van der Waals surface area contributed by atoms with Gasteiger partial charge < -0.3 is 10.3 Å². The molecule has 3 nitrogen and oxygen atoms in total. The molecule has 3 heteroatoms. The van der Waals surface area contributed by atoms with Crippen molar-refractivity contribution in [2.45, 2.75) is 64.3 Å². The molecule has 1 saturated carbocycles. The second kappa shape index (κ2) is 7.67. The van der Waals surface area contributed by atoms with Gasteiger partial charge >= 0.3 is 0 Å². The van der Waals surface area contributed by atoms with Gasteiger partial charge in [0.2, 0.25) is 5.91 Å². The lowest BCUT2D eigenvalue weighted by Gasteiger charge is -2.28. The van der Waals surface area contributed by atoms with Crippen LogP contribution in [0.4, 0.5) is 0 Å². The fourth-order valence-electron chi connectivity index (χ4n) is 3.79. The minimum Gasteiger partial charge on any atom is -0.361 e. The van der Waals surface area contributed by atoms with Crippen LogP contribution in [0.25, 0.3) is 10.9 Å². The molecule has 23 heavy (non-hydrogen) atoms. The zero-order chi connectivity index (χ0) is 16.1. The Bertz CT molecular complexity index is 638. The number of aromatic amines is 1. The molecule has 1 aromatic heterocycles. The number of fused-ring (bicyclic) bond motifs is 1. The first-order chi connectivity index (χ1) is 11.3. The maximum atomic E-state index is 12.1. The van der Waals surface area contributed by atoms with Crippen LogP contribution < -0.4 is 5.32 Å². The Hall–Kier alpha value is -1.77. The van der Waals surface area contributed by atoms with E-state index in [1.54, 1.807) is 0 Å². The highest BCUT2D eigenvalue weighted by atomic mass is 16.1. The number of rotatable bonds is 6. The third kappa shape index (κ3) is 4.15. The van der Waals surface area contributed by atoms with Crippen molar-refractivity contribution in [3.63, 3.8) is 0 Å². The number of para-hydroxylation sites is 1. The van der Waals surface area contributed by atoms with Gasteiger partial charge in [0.25, 0.3) is 0 Å². The Morgan fingerprint density at radius 1 is 1.22 bits per heavy atom. The molecule has 1 aliphatic carbocycles. The number of carbonyl (C=O) groups excluding carboxylic acids is 1. The summed E-state index contributed by atoms with van der Waals surface area (Å²) in [6.07, 6.45) is 10.7. The van der Waals surface area contributed by atoms with E-state index in [1.807, 2.05) is 6.07 Å². The summed E-state index contributed by atoms with van der Waals surface area (Å²) in [7, 11) is 0. The van der Waals surface area contributed by atoms with E-state index < -0.39 is 0 Å². The molecule has 1 aromatic carbocycles. The lowest BCUT2D eigenvalue weighted by atomic mass is 9.84. The molecule has 1 aliphatic rings. The van der Waals surface area contributed by atoms with E-state index >= 15 is 0 Å². The lowest BCUT2D eigenvalue weighted by Crippen LogP contribution is -2.37. The van der Waals surface area contributed by atoms with Crippen molar-refractivity contribution >= 4 is 16.8 Å². The van der Waals surface area contributed by atoms with E-state index in [2.05, 4.69) is 41.6 Å². The number of H-pyrrole nitrogens is 1. The highest BCUT2D eigenvalue weighted by Crippen LogP contribution is 2.26. The van der Waals surface area contributed by atoms with Crippen LogP contribution in [-0.4, -0.2) is 16.9 Å². The van der Waals surface area contributed by atoms with Crippen molar-refractivity contribution in [1.29, 1.82) is 0 Å². The van der Waals surface area contributed by atoms with E-state index in [0.29, 0.717) is 12.5 Å². The van der Waals surface area contributed by atoms with Crippen molar-refractivity contribution in [2.24, 2.45) is 5.92 Å². The lowest BCUT2D eigenvalue weighted by molar-refractivity contribution is -0.122. The molecule has 0 aliphatic heterocycles. The summed E-state index contributed by atoms with van der Waals surface area (Å²) in [5.74, 6) is 1.11. The highest BCUT2D eigenvalue weighted by Gasteiger charge is 2.21. The van der Waals surface area contributed by atoms with Gasteiger partial charge in [0.1, 0.15) is 0 Å². The Morgan fingerprint density at radius 3 is 2.78 bits per heavy atom. The summed E-state index contributed by atoms with van der Waals surface area (Å²) >= 11 is 0. The Balaban J connectivity index is 1.41. The van der Waals surface area contributed by atoms with Crippen LogP contribution in [0.15, 0.2) is 30.5 Å². The van der Waals surface area contributed by atoms with Gasteiger partial charge in [-0.1, -0.05) is 31.5 Å². The molecule has 124 valence electrons. The van der Waals surface area contributed by atoms with Crippen LogP contribution in [0.1, 0.15) is 57.4 Å². The average molecular weight is 312 g/mol. The van der Waals surface area contributed by atoms with E-state index in [4.69, 9.17) is 0 Å². The van der Waals surface area contributed by atoms with Gasteiger partial charge in [-0.15, -0.1) is 0 Å². The van der Waals surface area contributed by atoms with E-state index in [9.17, 15) is 4.79 Å². The average Bonchev–Trinajstić information content (AvgIpc) is 2.99. The predicted molar refractivity (Wildman–Crippen MR) is 95.4 cm³/mol. The molecule has 0 saturated heterocycles. The van der Waals surface area contributed by atoms with Crippen LogP contribution in [0.5, 0.6) is 0 Å². The molecule has 1 amide bonds. The minimum absolute atomic E-state index is 0.227. The number of aryl methyl sites for hydroxylation is 1. The quantitative estimate of drug-likeness (QED) is 0.806. The van der Waals surface area contributed by atoms with E-state index in [1.165, 1.54) is 35.7 Å². The molecule has 0 bridgehead atoms. The molecular formula is C20H28N2O. The fraction of sp³-hybridized carbons (Fsp3) is 0.550. The number of carbonyl (C=O) groups is 1. The second-order valence-electron chi connectivity index (χ2n) is 6.91. The Labute approximate surface area is 138 Å². The van der Waals surface area contributed by atoms with E-state index in [-0.39, 0.29) is 5.91 Å². The summed E-state index contributed by atoms with van der Waals surface area (Å²) in [4.78, 5) is 15.4. The van der Waals surface area contributed by atoms with Gasteiger partial charge in [-0.2, -0.15) is 0 Å². The van der Waals surface area contributed by atoms with Crippen molar-refractivity contribution in [1.82, 2.24) is 10.3 Å². The molecule has 2 aromatic rings. The minimum atomic E-state index is 0.227. The number of hydrogen-bond acceptors (Lipinski definition) is 1. The number of aromatic nitrogens is 1. The number of hydrogen-bond donors (Lipinski definition) is 2. The first kappa shape index (κ1) is 16.1. The Morgan fingerprint density at radius 2 is 2.00 bits per heavy atom. The van der Waals surface area contributed by atoms with Gasteiger partial charge in [0.15, 0.2) is 0 Å². The van der Waals surface area contributed by atoms with Crippen LogP contribution in [-0.2, 0) is 11.2 Å². The monoisotopic (exact) mass is 312 g/mol. The molecule has 1 heterocycles. The van der Waals surface area contributed by atoms with E-state index in [0.717, 1.165) is 31.6 Å². The molecule has 2 N–H and O–H groups in total. The maximum absolute atomic E-state index is 12.1. The maximum Gasteiger partial charge on any atom is 0.220 e. The number of benzene rings is 1. The molecule has 0 atom stereocenters. The van der Waals surface area contributed by atoms with Crippen LogP contribution in [0.3, 0.4) is 0 Å². The van der Waals surface area contributed by atoms with Crippen molar-refractivity contribution in [3.05, 3.63) is 36.0 Å². The molecule has 0 unspecified atom stereocenters. The Kier molecular flexibility index (Phi) is 5.37. The van der Waals surface area contributed by atoms with Gasteiger partial charge in [-0.05, 0) is 56.1 Å². The topological polar surface area (TPSA) is 44.9 Å². The van der Waals surface area contributed by atoms with Crippen molar-refractivity contribution in [3.8, 4) is 0 Å². The van der Waals surface area contributed by atoms with Crippen molar-refractivity contribution in [2.75, 3.05) is 0 Å². The van der Waals surface area contributed by atoms with Crippen molar-refractivity contribution < 1.29 is 4.79 Å². The van der Waals surface area contributed by atoms with Gasteiger partial charge in [0.05, 0.1) is 0 Å². The normalized spacial score (nSPS) is 21.4. The zero-order valence-electron chi connectivity index (χ0n) is 14.1. The smallest absolute Gasteiger partial charge is 0.220 e.